The SMILES string of the molecule is C=CCN1C(=O)/C(=C\c2ccc(-c3ccc(F)cc3)o2)C(=O)NC1=S. The zero-order valence-electron chi connectivity index (χ0n) is 13.0. The van der Waals surface area contributed by atoms with E-state index in [-0.39, 0.29) is 23.0 Å². The molecule has 1 saturated heterocycles. The van der Waals surface area contributed by atoms with Crippen LogP contribution in [-0.4, -0.2) is 28.4 Å². The highest BCUT2D eigenvalue weighted by Gasteiger charge is 2.32. The number of nitrogens with one attached hydrogen (secondary N) is 1. The minimum absolute atomic E-state index is 0.0403. The van der Waals surface area contributed by atoms with E-state index in [2.05, 4.69) is 11.9 Å². The maximum Gasteiger partial charge on any atom is 0.266 e. The largest absolute Gasteiger partial charge is 0.457 e. The standard InChI is InChI=1S/C18H13FN2O3S/c1-2-9-21-17(23)14(16(22)20-18(21)25)10-13-7-8-15(24-13)11-3-5-12(19)6-4-11/h2-8,10H,1,9H2,(H,20,22,25)/b14-10-. The zero-order valence-corrected chi connectivity index (χ0v) is 13.8. The van der Waals surface area contributed by atoms with E-state index in [1.807, 2.05) is 0 Å². The van der Waals surface area contributed by atoms with E-state index in [1.54, 1.807) is 24.3 Å². The van der Waals surface area contributed by atoms with Gasteiger partial charge in [-0.05, 0) is 54.7 Å². The lowest BCUT2D eigenvalue weighted by molar-refractivity contribution is -0.128. The van der Waals surface area contributed by atoms with E-state index in [1.165, 1.54) is 29.2 Å². The molecule has 0 atom stereocenters. The van der Waals surface area contributed by atoms with Crippen molar-refractivity contribution >= 4 is 35.2 Å². The third-order valence-corrected chi connectivity index (χ3v) is 3.86. The molecule has 0 unspecified atom stereocenters. The number of halogens is 1. The number of amides is 2. The van der Waals surface area contributed by atoms with E-state index >= 15 is 0 Å². The Morgan fingerprint density at radius 2 is 1.92 bits per heavy atom. The first kappa shape index (κ1) is 16.8. The van der Waals surface area contributed by atoms with Crippen LogP contribution >= 0.6 is 12.2 Å². The summed E-state index contributed by atoms with van der Waals surface area (Å²) in [6.07, 6.45) is 2.86. The molecule has 1 fully saturated rings. The van der Waals surface area contributed by atoms with Crippen LogP contribution in [0.25, 0.3) is 17.4 Å². The monoisotopic (exact) mass is 356 g/mol. The highest BCUT2D eigenvalue weighted by molar-refractivity contribution is 7.80. The van der Waals surface area contributed by atoms with Crippen molar-refractivity contribution in [1.29, 1.82) is 0 Å². The summed E-state index contributed by atoms with van der Waals surface area (Å²) in [5.41, 5.74) is 0.593. The van der Waals surface area contributed by atoms with Crippen LogP contribution in [0.15, 0.2) is 59.0 Å². The Bertz CT molecular complexity index is 899. The number of nitrogens with zero attached hydrogens (tertiary/aromatic N) is 1. The third kappa shape index (κ3) is 3.41. The number of carbonyl (C=O) groups excluding carboxylic acids is 2. The Balaban J connectivity index is 1.90. The van der Waals surface area contributed by atoms with Crippen molar-refractivity contribution in [1.82, 2.24) is 10.2 Å². The van der Waals surface area contributed by atoms with Gasteiger partial charge in [-0.1, -0.05) is 6.08 Å². The van der Waals surface area contributed by atoms with Gasteiger partial charge in [0.25, 0.3) is 11.8 Å². The van der Waals surface area contributed by atoms with Gasteiger partial charge in [0.15, 0.2) is 5.11 Å². The van der Waals surface area contributed by atoms with Crippen molar-refractivity contribution in [3.8, 4) is 11.3 Å². The van der Waals surface area contributed by atoms with Crippen molar-refractivity contribution in [2.24, 2.45) is 0 Å². The van der Waals surface area contributed by atoms with Gasteiger partial charge in [-0.25, -0.2) is 4.39 Å². The first-order chi connectivity index (χ1) is 12.0. The molecule has 3 rings (SSSR count). The number of carbonyl (C=O) groups is 2. The van der Waals surface area contributed by atoms with E-state index in [0.29, 0.717) is 17.1 Å². The van der Waals surface area contributed by atoms with Gasteiger partial charge in [0.1, 0.15) is 22.9 Å². The molecule has 0 aliphatic carbocycles. The Kier molecular flexibility index (Phi) is 4.58. The molecule has 1 aliphatic rings. The molecule has 0 saturated carbocycles. The molecule has 5 nitrogen and oxygen atoms in total. The normalized spacial score (nSPS) is 16.3. The molecule has 1 aliphatic heterocycles. The molecule has 1 N–H and O–H groups in total. The highest BCUT2D eigenvalue weighted by Crippen LogP contribution is 2.24. The van der Waals surface area contributed by atoms with Gasteiger partial charge in [-0.2, -0.15) is 0 Å². The van der Waals surface area contributed by atoms with Gasteiger partial charge in [0.2, 0.25) is 0 Å². The van der Waals surface area contributed by atoms with E-state index in [4.69, 9.17) is 16.6 Å². The molecule has 1 aromatic carbocycles. The van der Waals surface area contributed by atoms with Crippen LogP contribution in [0.2, 0.25) is 0 Å². The average molecular weight is 356 g/mol. The van der Waals surface area contributed by atoms with Crippen LogP contribution in [0.4, 0.5) is 4.39 Å². The Labute approximate surface area is 148 Å². The molecule has 25 heavy (non-hydrogen) atoms. The van der Waals surface area contributed by atoms with Crippen molar-refractivity contribution < 1.29 is 18.4 Å². The molecule has 0 spiro atoms. The lowest BCUT2D eigenvalue weighted by Gasteiger charge is -2.27. The molecule has 2 amide bonds. The number of rotatable bonds is 4. The predicted octanol–water partition coefficient (Wildman–Crippen LogP) is 2.90. The summed E-state index contributed by atoms with van der Waals surface area (Å²) in [5.74, 6) is -0.637. The molecule has 126 valence electrons. The minimum Gasteiger partial charge on any atom is -0.457 e. The van der Waals surface area contributed by atoms with Gasteiger partial charge < -0.3 is 4.42 Å². The Morgan fingerprint density at radius 1 is 1.20 bits per heavy atom. The summed E-state index contributed by atoms with van der Waals surface area (Å²) < 4.78 is 18.6. The van der Waals surface area contributed by atoms with Crippen LogP contribution in [0.5, 0.6) is 0 Å². The fraction of sp³-hybridized carbons (Fsp3) is 0.0556. The van der Waals surface area contributed by atoms with Crippen LogP contribution < -0.4 is 5.32 Å². The van der Waals surface area contributed by atoms with Crippen molar-refractivity contribution in [3.05, 3.63) is 66.2 Å². The van der Waals surface area contributed by atoms with Crippen molar-refractivity contribution in [2.45, 2.75) is 0 Å². The Morgan fingerprint density at radius 3 is 2.60 bits per heavy atom. The predicted molar refractivity (Wildman–Crippen MR) is 94.7 cm³/mol. The highest BCUT2D eigenvalue weighted by atomic mass is 32.1. The number of benzene rings is 1. The Hall–Kier alpha value is -3.06. The molecule has 0 radical (unpaired) electrons. The van der Waals surface area contributed by atoms with E-state index in [9.17, 15) is 14.0 Å². The number of furan rings is 1. The molecule has 2 aromatic rings. The maximum absolute atomic E-state index is 13.0. The second-order valence-corrected chi connectivity index (χ2v) is 5.62. The average Bonchev–Trinajstić information content (AvgIpc) is 3.05. The summed E-state index contributed by atoms with van der Waals surface area (Å²) in [7, 11) is 0. The molecular formula is C18H13FN2O3S. The van der Waals surface area contributed by atoms with E-state index < -0.39 is 11.8 Å². The third-order valence-electron chi connectivity index (χ3n) is 3.54. The van der Waals surface area contributed by atoms with Crippen LogP contribution in [-0.2, 0) is 9.59 Å². The summed E-state index contributed by atoms with van der Waals surface area (Å²) in [6.45, 7) is 3.75. The second-order valence-electron chi connectivity index (χ2n) is 5.23. The van der Waals surface area contributed by atoms with Crippen molar-refractivity contribution in [2.75, 3.05) is 6.54 Å². The fourth-order valence-electron chi connectivity index (χ4n) is 2.33. The summed E-state index contributed by atoms with van der Waals surface area (Å²) in [5, 5.41) is 2.50. The molecule has 7 heteroatoms. The topological polar surface area (TPSA) is 62.6 Å². The summed E-state index contributed by atoms with van der Waals surface area (Å²) in [4.78, 5) is 25.7. The van der Waals surface area contributed by atoms with Gasteiger partial charge in [-0.3, -0.25) is 19.8 Å². The summed E-state index contributed by atoms with van der Waals surface area (Å²) in [6, 6.07) is 9.10. The molecular weight excluding hydrogens is 343 g/mol. The second kappa shape index (κ2) is 6.82. The number of thiocarbonyl (C=S) groups is 1. The van der Waals surface area contributed by atoms with Gasteiger partial charge in [-0.15, -0.1) is 6.58 Å². The van der Waals surface area contributed by atoms with Crippen LogP contribution in [0.3, 0.4) is 0 Å². The van der Waals surface area contributed by atoms with Gasteiger partial charge in [0.05, 0.1) is 0 Å². The number of hydrogen-bond donors (Lipinski definition) is 1. The number of hydrogen-bond acceptors (Lipinski definition) is 4. The molecule has 0 bridgehead atoms. The quantitative estimate of drug-likeness (QED) is 0.396. The van der Waals surface area contributed by atoms with Crippen LogP contribution in [0.1, 0.15) is 5.76 Å². The molecule has 1 aromatic heterocycles. The smallest absolute Gasteiger partial charge is 0.266 e. The van der Waals surface area contributed by atoms with E-state index in [0.717, 1.165) is 0 Å². The lowest BCUT2D eigenvalue weighted by atomic mass is 10.1. The van der Waals surface area contributed by atoms with Crippen LogP contribution in [0, 0.1) is 5.82 Å². The van der Waals surface area contributed by atoms with Gasteiger partial charge >= 0.3 is 0 Å². The van der Waals surface area contributed by atoms with Crippen molar-refractivity contribution in [3.63, 3.8) is 0 Å². The van der Waals surface area contributed by atoms with Gasteiger partial charge in [0, 0.05) is 12.1 Å². The maximum atomic E-state index is 13.0. The summed E-state index contributed by atoms with van der Waals surface area (Å²) >= 11 is 4.99. The zero-order chi connectivity index (χ0) is 18.0. The minimum atomic E-state index is -0.588. The first-order valence-electron chi connectivity index (χ1n) is 7.35. The fourth-order valence-corrected chi connectivity index (χ4v) is 2.58. The first-order valence-corrected chi connectivity index (χ1v) is 7.76. The lowest BCUT2D eigenvalue weighted by Crippen LogP contribution is -2.53. The molecule has 2 heterocycles.